The minimum absolute atomic E-state index is 0. The standard InChI is InChI=1S/C23H26F3NO3.ClH/c24-23(25,26)20-8-11-27(12-9-20)10-3-13-30-21-7-2-6-19(16-21)18-5-1-4-17(14-18)15-22(28)29;/h1-2,4-7,14,16,20H,3,8-13,15H2,(H,28,29);1H. The number of alkyl halides is 3. The molecule has 170 valence electrons. The van der Waals surface area contributed by atoms with Gasteiger partial charge in [-0.3, -0.25) is 4.79 Å². The lowest BCUT2D eigenvalue weighted by molar-refractivity contribution is -0.185. The van der Waals surface area contributed by atoms with E-state index in [1.807, 2.05) is 42.5 Å². The highest BCUT2D eigenvalue weighted by Gasteiger charge is 2.40. The van der Waals surface area contributed by atoms with E-state index in [1.165, 1.54) is 0 Å². The van der Waals surface area contributed by atoms with Gasteiger partial charge in [0.05, 0.1) is 18.9 Å². The zero-order chi connectivity index (χ0) is 21.6. The Kier molecular flexibility index (Phi) is 9.19. The van der Waals surface area contributed by atoms with Crippen molar-refractivity contribution in [2.75, 3.05) is 26.2 Å². The van der Waals surface area contributed by atoms with Crippen LogP contribution < -0.4 is 4.74 Å². The number of piperidine rings is 1. The molecule has 0 aromatic heterocycles. The Morgan fingerprint density at radius 1 is 1.06 bits per heavy atom. The Morgan fingerprint density at radius 2 is 1.71 bits per heavy atom. The van der Waals surface area contributed by atoms with E-state index in [4.69, 9.17) is 9.84 Å². The molecule has 2 aromatic carbocycles. The Hall–Kier alpha value is -2.25. The molecule has 1 aliphatic rings. The van der Waals surface area contributed by atoms with Gasteiger partial charge in [-0.1, -0.05) is 36.4 Å². The molecule has 1 aliphatic heterocycles. The smallest absolute Gasteiger partial charge is 0.391 e. The number of likely N-dealkylation sites (tertiary alicyclic amines) is 1. The predicted molar refractivity (Wildman–Crippen MR) is 116 cm³/mol. The molecule has 1 heterocycles. The first kappa shape index (κ1) is 25.0. The van der Waals surface area contributed by atoms with Crippen LogP contribution >= 0.6 is 12.4 Å². The van der Waals surface area contributed by atoms with Crippen LogP contribution in [0.4, 0.5) is 13.2 Å². The Morgan fingerprint density at radius 3 is 2.35 bits per heavy atom. The van der Waals surface area contributed by atoms with Crippen LogP contribution in [0, 0.1) is 5.92 Å². The van der Waals surface area contributed by atoms with Crippen LogP contribution in [-0.2, 0) is 11.2 Å². The van der Waals surface area contributed by atoms with Gasteiger partial charge in [-0.05, 0) is 61.2 Å². The van der Waals surface area contributed by atoms with E-state index < -0.39 is 18.1 Å². The lowest BCUT2D eigenvalue weighted by Gasteiger charge is -2.32. The largest absolute Gasteiger partial charge is 0.494 e. The molecule has 1 saturated heterocycles. The van der Waals surface area contributed by atoms with E-state index in [-0.39, 0.29) is 31.7 Å². The number of ether oxygens (including phenoxy) is 1. The molecule has 0 aliphatic carbocycles. The summed E-state index contributed by atoms with van der Waals surface area (Å²) in [5.41, 5.74) is 2.60. The molecular weight excluding hydrogens is 431 g/mol. The predicted octanol–water partition coefficient (Wildman–Crippen LogP) is 5.45. The van der Waals surface area contributed by atoms with Crippen LogP contribution in [0.5, 0.6) is 5.75 Å². The number of nitrogens with zero attached hydrogens (tertiary/aromatic N) is 1. The van der Waals surface area contributed by atoms with Gasteiger partial charge in [-0.15, -0.1) is 12.4 Å². The van der Waals surface area contributed by atoms with E-state index in [9.17, 15) is 18.0 Å². The molecule has 1 N–H and O–H groups in total. The molecule has 0 bridgehead atoms. The van der Waals surface area contributed by atoms with Crippen molar-refractivity contribution < 1.29 is 27.8 Å². The number of benzene rings is 2. The third kappa shape index (κ3) is 7.74. The van der Waals surface area contributed by atoms with Crippen LogP contribution in [-0.4, -0.2) is 48.4 Å². The fourth-order valence-corrected chi connectivity index (χ4v) is 3.76. The molecule has 0 saturated carbocycles. The zero-order valence-electron chi connectivity index (χ0n) is 17.1. The lowest BCUT2D eigenvalue weighted by atomic mass is 9.96. The molecular formula is C23H27ClF3NO3. The Labute approximate surface area is 186 Å². The molecule has 0 spiro atoms. The van der Waals surface area contributed by atoms with E-state index in [2.05, 4.69) is 4.90 Å². The first-order valence-electron chi connectivity index (χ1n) is 10.1. The van der Waals surface area contributed by atoms with Crippen molar-refractivity contribution in [2.45, 2.75) is 31.9 Å². The monoisotopic (exact) mass is 457 g/mol. The first-order valence-corrected chi connectivity index (χ1v) is 10.1. The van der Waals surface area contributed by atoms with Gasteiger partial charge in [0, 0.05) is 6.54 Å². The number of hydrogen-bond acceptors (Lipinski definition) is 3. The summed E-state index contributed by atoms with van der Waals surface area (Å²) in [6, 6.07) is 15.0. The molecule has 0 unspecified atom stereocenters. The van der Waals surface area contributed by atoms with Gasteiger partial charge >= 0.3 is 12.1 Å². The number of rotatable bonds is 8. The van der Waals surface area contributed by atoms with E-state index in [1.54, 1.807) is 6.07 Å². The van der Waals surface area contributed by atoms with Crippen molar-refractivity contribution in [2.24, 2.45) is 5.92 Å². The number of hydrogen-bond donors (Lipinski definition) is 1. The third-order valence-electron chi connectivity index (χ3n) is 5.39. The third-order valence-corrected chi connectivity index (χ3v) is 5.39. The Balaban J connectivity index is 0.00000341. The maximum absolute atomic E-state index is 12.7. The van der Waals surface area contributed by atoms with E-state index in [0.717, 1.165) is 29.7 Å². The Bertz CT molecular complexity index is 852. The van der Waals surface area contributed by atoms with Crippen molar-refractivity contribution >= 4 is 18.4 Å². The second-order valence-corrected chi connectivity index (χ2v) is 7.66. The second-order valence-electron chi connectivity index (χ2n) is 7.66. The molecule has 0 atom stereocenters. The van der Waals surface area contributed by atoms with Crippen molar-refractivity contribution in [3.05, 3.63) is 54.1 Å². The quantitative estimate of drug-likeness (QED) is 0.536. The number of carboxylic acid groups (broad SMARTS) is 1. The number of carbonyl (C=O) groups is 1. The highest BCUT2D eigenvalue weighted by Crippen LogP contribution is 2.34. The molecule has 4 nitrogen and oxygen atoms in total. The molecule has 0 amide bonds. The fourth-order valence-electron chi connectivity index (χ4n) is 3.76. The van der Waals surface area contributed by atoms with E-state index in [0.29, 0.717) is 25.4 Å². The van der Waals surface area contributed by atoms with Crippen LogP contribution in [0.25, 0.3) is 11.1 Å². The summed E-state index contributed by atoms with van der Waals surface area (Å²) < 4.78 is 44.0. The van der Waals surface area contributed by atoms with Gasteiger partial charge in [0.25, 0.3) is 0 Å². The van der Waals surface area contributed by atoms with Gasteiger partial charge in [0.2, 0.25) is 0 Å². The molecule has 2 aromatic rings. The first-order chi connectivity index (χ1) is 14.3. The normalized spacial score (nSPS) is 15.3. The molecule has 1 fully saturated rings. The van der Waals surface area contributed by atoms with Gasteiger partial charge in [0.15, 0.2) is 0 Å². The van der Waals surface area contributed by atoms with Gasteiger partial charge < -0.3 is 14.7 Å². The van der Waals surface area contributed by atoms with Crippen molar-refractivity contribution in [1.82, 2.24) is 4.90 Å². The maximum Gasteiger partial charge on any atom is 0.391 e. The summed E-state index contributed by atoms with van der Waals surface area (Å²) in [5.74, 6) is -1.32. The summed E-state index contributed by atoms with van der Waals surface area (Å²) >= 11 is 0. The highest BCUT2D eigenvalue weighted by atomic mass is 35.5. The molecule has 3 rings (SSSR count). The van der Waals surface area contributed by atoms with Crippen molar-refractivity contribution in [1.29, 1.82) is 0 Å². The van der Waals surface area contributed by atoms with Crippen LogP contribution in [0.3, 0.4) is 0 Å². The SMILES string of the molecule is Cl.O=C(O)Cc1cccc(-c2cccc(OCCCN3CCC(C(F)(F)F)CC3)c2)c1. The van der Waals surface area contributed by atoms with E-state index >= 15 is 0 Å². The minimum Gasteiger partial charge on any atom is -0.494 e. The van der Waals surface area contributed by atoms with Gasteiger partial charge in [0.1, 0.15) is 5.75 Å². The lowest BCUT2D eigenvalue weighted by Crippen LogP contribution is -2.39. The van der Waals surface area contributed by atoms with Crippen molar-refractivity contribution in [3.63, 3.8) is 0 Å². The summed E-state index contributed by atoms with van der Waals surface area (Å²) in [6.07, 6.45) is -3.01. The van der Waals surface area contributed by atoms with Gasteiger partial charge in [-0.25, -0.2) is 0 Å². The average molecular weight is 458 g/mol. The highest BCUT2D eigenvalue weighted by molar-refractivity contribution is 5.85. The maximum atomic E-state index is 12.7. The number of carboxylic acids is 1. The summed E-state index contributed by atoms with van der Waals surface area (Å²) in [5, 5.41) is 8.96. The molecule has 0 radical (unpaired) electrons. The zero-order valence-corrected chi connectivity index (χ0v) is 17.9. The summed E-state index contributed by atoms with van der Waals surface area (Å²) in [4.78, 5) is 13.0. The molecule has 31 heavy (non-hydrogen) atoms. The average Bonchev–Trinajstić information content (AvgIpc) is 2.71. The van der Waals surface area contributed by atoms with Crippen LogP contribution in [0.15, 0.2) is 48.5 Å². The van der Waals surface area contributed by atoms with Crippen LogP contribution in [0.1, 0.15) is 24.8 Å². The summed E-state index contributed by atoms with van der Waals surface area (Å²) in [7, 11) is 0. The topological polar surface area (TPSA) is 49.8 Å². The fraction of sp³-hybridized carbons (Fsp3) is 0.435. The second kappa shape index (κ2) is 11.4. The molecule has 8 heteroatoms. The minimum atomic E-state index is -4.08. The summed E-state index contributed by atoms with van der Waals surface area (Å²) in [6.45, 7) is 2.17. The van der Waals surface area contributed by atoms with Crippen molar-refractivity contribution in [3.8, 4) is 16.9 Å². The van der Waals surface area contributed by atoms with Crippen LogP contribution in [0.2, 0.25) is 0 Å². The number of halogens is 4. The van der Waals surface area contributed by atoms with Gasteiger partial charge in [-0.2, -0.15) is 13.2 Å². The number of aliphatic carboxylic acids is 1.